The molecule has 0 saturated heterocycles. The fraction of sp³-hybridized carbons (Fsp3) is 0.500. The lowest BCUT2D eigenvalue weighted by Gasteiger charge is -2.66. The predicted molar refractivity (Wildman–Crippen MR) is 101 cm³/mol. The van der Waals surface area contributed by atoms with Crippen LogP contribution in [0.4, 0.5) is 0 Å². The van der Waals surface area contributed by atoms with E-state index in [9.17, 15) is 0 Å². The van der Waals surface area contributed by atoms with Gasteiger partial charge in [0.15, 0.2) is 0 Å². The molecule has 0 radical (unpaired) electrons. The molecule has 6 rings (SSSR count). The Morgan fingerprint density at radius 3 is 2.00 bits per heavy atom. The third-order valence-corrected chi connectivity index (χ3v) is 7.21. The first-order valence-electron chi connectivity index (χ1n) is 9.64. The highest BCUT2D eigenvalue weighted by molar-refractivity contribution is 5.69. The average molecular weight is 316 g/mol. The fourth-order valence-corrected chi connectivity index (χ4v) is 7.56. The van der Waals surface area contributed by atoms with Gasteiger partial charge in [0.25, 0.3) is 0 Å². The molecule has 0 spiro atoms. The van der Waals surface area contributed by atoms with Gasteiger partial charge in [-0.1, -0.05) is 68.4 Å². The molecule has 24 heavy (non-hydrogen) atoms. The number of benzene rings is 2. The molecule has 0 N–H and O–H groups in total. The minimum atomic E-state index is 0.412. The molecule has 0 aliphatic heterocycles. The van der Waals surface area contributed by atoms with E-state index in [0.717, 1.165) is 5.92 Å². The largest absolute Gasteiger partial charge is 0.0622 e. The smallest absolute Gasteiger partial charge is 0.00278 e. The molecule has 2 atom stereocenters. The van der Waals surface area contributed by atoms with Crippen molar-refractivity contribution >= 4 is 0 Å². The van der Waals surface area contributed by atoms with E-state index < -0.39 is 0 Å². The molecule has 0 amide bonds. The van der Waals surface area contributed by atoms with Gasteiger partial charge in [-0.05, 0) is 77.4 Å². The predicted octanol–water partition coefficient (Wildman–Crippen LogP) is 6.60. The summed E-state index contributed by atoms with van der Waals surface area (Å²) < 4.78 is 0. The molecule has 0 heterocycles. The molecular weight excluding hydrogens is 288 g/mol. The van der Waals surface area contributed by atoms with Gasteiger partial charge in [0.1, 0.15) is 0 Å². The molecule has 0 nitrogen and oxygen atoms in total. The maximum atomic E-state index is 2.58. The summed E-state index contributed by atoms with van der Waals surface area (Å²) in [5.41, 5.74) is 6.05. The topological polar surface area (TPSA) is 0 Å². The molecule has 0 heteroatoms. The minimum Gasteiger partial charge on any atom is -0.0622 e. The van der Waals surface area contributed by atoms with Gasteiger partial charge in [-0.25, -0.2) is 0 Å². The Labute approximate surface area is 146 Å². The van der Waals surface area contributed by atoms with Gasteiger partial charge >= 0.3 is 0 Å². The van der Waals surface area contributed by atoms with Crippen LogP contribution in [0.15, 0.2) is 54.6 Å². The van der Waals surface area contributed by atoms with E-state index in [1.54, 1.807) is 5.56 Å². The van der Waals surface area contributed by atoms with Crippen molar-refractivity contribution in [2.75, 3.05) is 0 Å². The SMILES string of the molecule is CC12CC3CC(C)(C1)CC(c1ccccc1-c1ccccc1)(C3)C2. The van der Waals surface area contributed by atoms with E-state index in [0.29, 0.717) is 16.2 Å². The normalized spacial score (nSPS) is 40.0. The van der Waals surface area contributed by atoms with E-state index in [4.69, 9.17) is 0 Å². The van der Waals surface area contributed by atoms with Crippen LogP contribution in [0.25, 0.3) is 11.1 Å². The first kappa shape index (κ1) is 14.8. The Hall–Kier alpha value is -1.56. The van der Waals surface area contributed by atoms with Gasteiger partial charge in [-0.3, -0.25) is 0 Å². The maximum absolute atomic E-state index is 2.58. The summed E-state index contributed by atoms with van der Waals surface area (Å²) in [5, 5.41) is 0. The van der Waals surface area contributed by atoms with Crippen molar-refractivity contribution < 1.29 is 0 Å². The Morgan fingerprint density at radius 1 is 0.708 bits per heavy atom. The van der Waals surface area contributed by atoms with E-state index >= 15 is 0 Å². The molecule has 4 bridgehead atoms. The highest BCUT2D eigenvalue weighted by Gasteiger charge is 2.60. The minimum absolute atomic E-state index is 0.412. The van der Waals surface area contributed by atoms with E-state index in [1.807, 2.05) is 0 Å². The summed E-state index contributed by atoms with van der Waals surface area (Å²) in [5.74, 6) is 0.945. The monoisotopic (exact) mass is 316 g/mol. The van der Waals surface area contributed by atoms with Crippen molar-refractivity contribution in [2.24, 2.45) is 16.7 Å². The fourth-order valence-electron chi connectivity index (χ4n) is 7.56. The van der Waals surface area contributed by atoms with Crippen LogP contribution in [0, 0.1) is 16.7 Å². The summed E-state index contributed by atoms with van der Waals surface area (Å²) in [6.45, 7) is 5.16. The van der Waals surface area contributed by atoms with Gasteiger partial charge < -0.3 is 0 Å². The number of rotatable bonds is 2. The summed E-state index contributed by atoms with van der Waals surface area (Å²) in [7, 11) is 0. The third kappa shape index (κ3) is 2.11. The molecule has 0 aromatic heterocycles. The first-order valence-corrected chi connectivity index (χ1v) is 9.64. The van der Waals surface area contributed by atoms with Crippen LogP contribution < -0.4 is 0 Å². The van der Waals surface area contributed by atoms with Gasteiger partial charge in [0, 0.05) is 0 Å². The summed E-state index contributed by atoms with van der Waals surface area (Å²) in [4.78, 5) is 0. The number of hydrogen-bond donors (Lipinski definition) is 0. The van der Waals surface area contributed by atoms with Crippen molar-refractivity contribution in [1.82, 2.24) is 0 Å². The Balaban J connectivity index is 1.67. The third-order valence-electron chi connectivity index (χ3n) is 7.21. The molecule has 2 unspecified atom stereocenters. The molecule has 2 aromatic rings. The van der Waals surface area contributed by atoms with Crippen molar-refractivity contribution in [2.45, 2.75) is 57.8 Å². The van der Waals surface area contributed by atoms with Crippen LogP contribution in [-0.4, -0.2) is 0 Å². The molecule has 4 saturated carbocycles. The van der Waals surface area contributed by atoms with E-state index in [-0.39, 0.29) is 0 Å². The lowest BCUT2D eigenvalue weighted by Crippen LogP contribution is -2.56. The van der Waals surface area contributed by atoms with Gasteiger partial charge in [0.2, 0.25) is 0 Å². The highest BCUT2D eigenvalue weighted by atomic mass is 14.6. The second kappa shape index (κ2) is 4.75. The lowest BCUT2D eigenvalue weighted by molar-refractivity contribution is -0.109. The summed E-state index contributed by atoms with van der Waals surface area (Å²) >= 11 is 0. The summed E-state index contributed by atoms with van der Waals surface area (Å²) in [6.07, 6.45) is 8.61. The van der Waals surface area contributed by atoms with Crippen LogP contribution >= 0.6 is 0 Å². The first-order chi connectivity index (χ1) is 11.5. The summed E-state index contributed by atoms with van der Waals surface area (Å²) in [6, 6.07) is 20.3. The second-order valence-corrected chi connectivity index (χ2v) is 9.82. The van der Waals surface area contributed by atoms with Crippen LogP contribution in [-0.2, 0) is 5.41 Å². The van der Waals surface area contributed by atoms with Gasteiger partial charge in [-0.15, -0.1) is 0 Å². The molecule has 2 aromatic carbocycles. The van der Waals surface area contributed by atoms with Crippen molar-refractivity contribution in [3.63, 3.8) is 0 Å². The zero-order valence-electron chi connectivity index (χ0n) is 15.0. The van der Waals surface area contributed by atoms with Crippen molar-refractivity contribution in [3.05, 3.63) is 60.2 Å². The molecule has 4 aliphatic carbocycles. The quantitative estimate of drug-likeness (QED) is 0.585. The van der Waals surface area contributed by atoms with Crippen molar-refractivity contribution in [1.29, 1.82) is 0 Å². The zero-order chi connectivity index (χ0) is 16.4. The Bertz CT molecular complexity index is 754. The number of hydrogen-bond acceptors (Lipinski definition) is 0. The van der Waals surface area contributed by atoms with Crippen LogP contribution in [0.5, 0.6) is 0 Å². The average Bonchev–Trinajstić information content (AvgIpc) is 2.52. The van der Waals surface area contributed by atoms with Crippen molar-refractivity contribution in [3.8, 4) is 11.1 Å². The molecule has 124 valence electrons. The molecule has 4 aliphatic rings. The zero-order valence-corrected chi connectivity index (χ0v) is 15.0. The maximum Gasteiger partial charge on any atom is -0.00278 e. The van der Waals surface area contributed by atoms with E-state index in [2.05, 4.69) is 68.4 Å². The highest BCUT2D eigenvalue weighted by Crippen LogP contribution is 2.70. The standard InChI is InChI=1S/C24H28/c1-22-12-18-13-23(2,15-22)17-24(14-18,16-22)21-11-7-6-10-20(21)19-8-4-3-5-9-19/h3-11,18H,12-17H2,1-2H3. The van der Waals surface area contributed by atoms with E-state index in [1.165, 1.54) is 49.7 Å². The van der Waals surface area contributed by atoms with Crippen LogP contribution in [0.1, 0.15) is 57.9 Å². The Kier molecular flexibility index (Phi) is 2.92. The molecular formula is C24H28. The molecule has 4 fully saturated rings. The van der Waals surface area contributed by atoms with Gasteiger partial charge in [-0.2, -0.15) is 0 Å². The van der Waals surface area contributed by atoms with Crippen LogP contribution in [0.3, 0.4) is 0 Å². The lowest BCUT2D eigenvalue weighted by atomic mass is 9.39. The van der Waals surface area contributed by atoms with Gasteiger partial charge in [0.05, 0.1) is 0 Å². The Morgan fingerprint density at radius 2 is 1.33 bits per heavy atom. The second-order valence-electron chi connectivity index (χ2n) is 9.82. The van der Waals surface area contributed by atoms with Crippen LogP contribution in [0.2, 0.25) is 0 Å².